The van der Waals surface area contributed by atoms with Gasteiger partial charge in [0.2, 0.25) is 5.91 Å². The number of carbonyl (C=O) groups excluding carboxylic acids is 1. The fourth-order valence-electron chi connectivity index (χ4n) is 1.99. The number of halogens is 2. The highest BCUT2D eigenvalue weighted by Gasteiger charge is 2.47. The van der Waals surface area contributed by atoms with Crippen molar-refractivity contribution in [3.05, 3.63) is 0 Å². The zero-order chi connectivity index (χ0) is 10.2. The first-order valence-corrected chi connectivity index (χ1v) is 4.96. The zero-order valence-electron chi connectivity index (χ0n) is 7.93. The van der Waals surface area contributed by atoms with Crippen molar-refractivity contribution < 1.29 is 13.6 Å². The molecule has 1 amide bonds. The molecule has 3 nitrogen and oxygen atoms in total. The molecule has 2 saturated heterocycles. The molecule has 1 atom stereocenters. The number of hydrogen-bond donors (Lipinski definition) is 1. The summed E-state index contributed by atoms with van der Waals surface area (Å²) >= 11 is 0. The molecule has 2 rings (SSSR count). The lowest BCUT2D eigenvalue weighted by atomic mass is 9.96. The summed E-state index contributed by atoms with van der Waals surface area (Å²) in [4.78, 5) is 12.9. The lowest BCUT2D eigenvalue weighted by molar-refractivity contribution is -0.170. The molecule has 80 valence electrons. The maximum atomic E-state index is 12.5. The van der Waals surface area contributed by atoms with Crippen LogP contribution in [0.2, 0.25) is 0 Å². The second-order valence-electron chi connectivity index (χ2n) is 4.09. The normalized spacial score (nSPS) is 31.0. The number of likely N-dealkylation sites (tertiary alicyclic amines) is 1. The highest BCUT2D eigenvalue weighted by molar-refractivity contribution is 5.80. The van der Waals surface area contributed by atoms with Crippen molar-refractivity contribution in [2.24, 2.45) is 5.92 Å². The molecule has 0 bridgehead atoms. The third kappa shape index (κ3) is 1.87. The molecule has 0 radical (unpaired) electrons. The lowest BCUT2D eigenvalue weighted by Crippen LogP contribution is -2.60. The molecule has 1 N–H and O–H groups in total. The quantitative estimate of drug-likeness (QED) is 0.673. The summed E-state index contributed by atoms with van der Waals surface area (Å²) in [5, 5.41) is 3.10. The Balaban J connectivity index is 1.84. The van der Waals surface area contributed by atoms with Crippen LogP contribution in [0.1, 0.15) is 12.8 Å². The summed E-state index contributed by atoms with van der Waals surface area (Å²) in [6.07, 6.45) is 1.79. The Kier molecular flexibility index (Phi) is 2.43. The minimum Gasteiger partial charge on any atom is -0.330 e. The summed E-state index contributed by atoms with van der Waals surface area (Å²) in [6.45, 7) is 0.797. The molecule has 0 aromatic heterocycles. The largest absolute Gasteiger partial charge is 0.330 e. The minimum absolute atomic E-state index is 0.0835. The molecular formula is C9H14F2N2O. The highest BCUT2D eigenvalue weighted by Crippen LogP contribution is 2.28. The average molecular weight is 204 g/mol. The molecule has 14 heavy (non-hydrogen) atoms. The molecule has 2 heterocycles. The van der Waals surface area contributed by atoms with Crippen LogP contribution in [0.15, 0.2) is 0 Å². The van der Waals surface area contributed by atoms with E-state index in [1.165, 1.54) is 4.90 Å². The van der Waals surface area contributed by atoms with E-state index < -0.39 is 5.92 Å². The van der Waals surface area contributed by atoms with Gasteiger partial charge in [-0.05, 0) is 19.4 Å². The van der Waals surface area contributed by atoms with Crippen molar-refractivity contribution in [3.63, 3.8) is 0 Å². The number of nitrogens with one attached hydrogen (secondary N) is 1. The molecule has 5 heteroatoms. The number of amides is 1. The van der Waals surface area contributed by atoms with Crippen molar-refractivity contribution in [2.45, 2.75) is 18.8 Å². The fourth-order valence-corrected chi connectivity index (χ4v) is 1.99. The maximum Gasteiger partial charge on any atom is 0.282 e. The standard InChI is InChI=1S/C9H14F2N2O/c10-9(11)5-13(6-9)8(14)7-2-1-3-12-4-7/h7,12H,1-6H2/t7-/m0/s1. The second kappa shape index (κ2) is 3.46. The molecule has 0 aliphatic carbocycles. The minimum atomic E-state index is -2.64. The molecule has 2 fully saturated rings. The molecule has 2 aliphatic heterocycles. The predicted molar refractivity (Wildman–Crippen MR) is 47.1 cm³/mol. The summed E-state index contributed by atoms with van der Waals surface area (Å²) in [5.74, 6) is -2.83. The van der Waals surface area contributed by atoms with E-state index in [2.05, 4.69) is 5.32 Å². The Morgan fingerprint density at radius 3 is 2.64 bits per heavy atom. The van der Waals surface area contributed by atoms with E-state index in [1.807, 2.05) is 0 Å². The first kappa shape index (κ1) is 9.83. The summed E-state index contributed by atoms with van der Waals surface area (Å²) in [5.41, 5.74) is 0. The summed E-state index contributed by atoms with van der Waals surface area (Å²) in [7, 11) is 0. The van der Waals surface area contributed by atoms with Crippen LogP contribution in [-0.4, -0.2) is 42.9 Å². The van der Waals surface area contributed by atoms with Crippen molar-refractivity contribution in [2.75, 3.05) is 26.2 Å². The van der Waals surface area contributed by atoms with Crippen LogP contribution in [0.5, 0.6) is 0 Å². The van der Waals surface area contributed by atoms with Crippen LogP contribution in [0.4, 0.5) is 8.78 Å². The van der Waals surface area contributed by atoms with E-state index in [0.29, 0.717) is 6.54 Å². The predicted octanol–water partition coefficient (Wildman–Crippen LogP) is 0.463. The first-order chi connectivity index (χ1) is 6.58. The Morgan fingerprint density at radius 2 is 2.14 bits per heavy atom. The molecule has 0 aromatic carbocycles. The first-order valence-electron chi connectivity index (χ1n) is 4.96. The monoisotopic (exact) mass is 204 g/mol. The Bertz CT molecular complexity index is 231. The fraction of sp³-hybridized carbons (Fsp3) is 0.889. The SMILES string of the molecule is O=C([C@H]1CCCNC1)N1CC(F)(F)C1. The van der Waals surface area contributed by atoms with Crippen molar-refractivity contribution in [3.8, 4) is 0 Å². The van der Waals surface area contributed by atoms with Crippen molar-refractivity contribution in [1.82, 2.24) is 10.2 Å². The smallest absolute Gasteiger partial charge is 0.282 e. The summed E-state index contributed by atoms with van der Waals surface area (Å²) in [6, 6.07) is 0. The third-order valence-electron chi connectivity index (χ3n) is 2.80. The zero-order valence-corrected chi connectivity index (χ0v) is 7.93. The van der Waals surface area contributed by atoms with Crippen LogP contribution in [0.25, 0.3) is 0 Å². The van der Waals surface area contributed by atoms with E-state index in [1.54, 1.807) is 0 Å². The van der Waals surface area contributed by atoms with Gasteiger partial charge in [-0.15, -0.1) is 0 Å². The van der Waals surface area contributed by atoms with E-state index >= 15 is 0 Å². The van der Waals surface area contributed by atoms with Gasteiger partial charge in [0, 0.05) is 6.54 Å². The van der Waals surface area contributed by atoms with Crippen molar-refractivity contribution in [1.29, 1.82) is 0 Å². The van der Waals surface area contributed by atoms with Gasteiger partial charge in [-0.3, -0.25) is 4.79 Å². The van der Waals surface area contributed by atoms with Gasteiger partial charge in [0.1, 0.15) is 0 Å². The molecule has 2 aliphatic rings. The van der Waals surface area contributed by atoms with Gasteiger partial charge >= 0.3 is 0 Å². The number of alkyl halides is 2. The maximum absolute atomic E-state index is 12.5. The van der Waals surface area contributed by atoms with Crippen LogP contribution < -0.4 is 5.32 Å². The van der Waals surface area contributed by atoms with Crippen LogP contribution in [0, 0.1) is 5.92 Å². The Labute approximate surface area is 81.4 Å². The van der Waals surface area contributed by atoms with Gasteiger partial charge in [-0.25, -0.2) is 8.78 Å². The van der Waals surface area contributed by atoms with Gasteiger partial charge in [-0.1, -0.05) is 0 Å². The van der Waals surface area contributed by atoms with Crippen LogP contribution in [0.3, 0.4) is 0 Å². The highest BCUT2D eigenvalue weighted by atomic mass is 19.3. The number of hydrogen-bond acceptors (Lipinski definition) is 2. The van der Waals surface area contributed by atoms with Crippen molar-refractivity contribution >= 4 is 5.91 Å². The average Bonchev–Trinajstić information content (AvgIpc) is 2.14. The van der Waals surface area contributed by atoms with E-state index in [-0.39, 0.29) is 24.9 Å². The second-order valence-corrected chi connectivity index (χ2v) is 4.09. The van der Waals surface area contributed by atoms with Gasteiger partial charge in [0.15, 0.2) is 0 Å². The van der Waals surface area contributed by atoms with E-state index in [0.717, 1.165) is 19.4 Å². The third-order valence-corrected chi connectivity index (χ3v) is 2.80. The van der Waals surface area contributed by atoms with Gasteiger partial charge in [0.25, 0.3) is 5.92 Å². The molecule has 0 saturated carbocycles. The van der Waals surface area contributed by atoms with E-state index in [4.69, 9.17) is 0 Å². The summed E-state index contributed by atoms with van der Waals surface area (Å²) < 4.78 is 25.0. The topological polar surface area (TPSA) is 32.3 Å². The molecule has 0 aromatic rings. The molecule has 0 unspecified atom stereocenters. The number of piperidine rings is 1. The van der Waals surface area contributed by atoms with E-state index in [9.17, 15) is 13.6 Å². The van der Waals surface area contributed by atoms with Crippen LogP contribution >= 0.6 is 0 Å². The van der Waals surface area contributed by atoms with Gasteiger partial charge in [-0.2, -0.15) is 0 Å². The van der Waals surface area contributed by atoms with Gasteiger partial charge < -0.3 is 10.2 Å². The lowest BCUT2D eigenvalue weighted by Gasteiger charge is -2.41. The Morgan fingerprint density at radius 1 is 1.43 bits per heavy atom. The number of carbonyl (C=O) groups is 1. The Hall–Kier alpha value is -0.710. The molecular weight excluding hydrogens is 190 g/mol. The number of nitrogens with zero attached hydrogens (tertiary/aromatic N) is 1. The number of rotatable bonds is 1. The van der Waals surface area contributed by atoms with Gasteiger partial charge in [0.05, 0.1) is 19.0 Å². The molecule has 0 spiro atoms. The van der Waals surface area contributed by atoms with Crippen LogP contribution in [-0.2, 0) is 4.79 Å².